The number of amides is 1. The lowest BCUT2D eigenvalue weighted by Crippen LogP contribution is -2.34. The van der Waals surface area contributed by atoms with E-state index < -0.39 is 0 Å². The van der Waals surface area contributed by atoms with Gasteiger partial charge in [-0.2, -0.15) is 0 Å². The molecule has 0 radical (unpaired) electrons. The maximum Gasteiger partial charge on any atom is 0.225 e. The highest BCUT2D eigenvalue weighted by Crippen LogP contribution is 2.25. The topological polar surface area (TPSA) is 38.3 Å². The van der Waals surface area contributed by atoms with Gasteiger partial charge in [0.1, 0.15) is 5.75 Å². The van der Waals surface area contributed by atoms with E-state index in [2.05, 4.69) is 11.4 Å². The first-order chi connectivity index (χ1) is 7.97. The fourth-order valence-electron chi connectivity index (χ4n) is 1.80. The zero-order valence-corrected chi connectivity index (χ0v) is 10.7. The minimum atomic E-state index is -0.333. The molecule has 1 N–H and O–H groups in total. The average Bonchev–Trinajstić information content (AvgIpc) is 2.71. The molecule has 17 heavy (non-hydrogen) atoms. The van der Waals surface area contributed by atoms with Crippen LogP contribution in [0.25, 0.3) is 0 Å². The molecule has 0 bridgehead atoms. The first kappa shape index (κ1) is 12.0. The number of benzene rings is 1. The van der Waals surface area contributed by atoms with Crippen LogP contribution in [0.4, 0.5) is 0 Å². The maximum absolute atomic E-state index is 11.7. The van der Waals surface area contributed by atoms with Gasteiger partial charge in [0, 0.05) is 18.4 Å². The lowest BCUT2D eigenvalue weighted by atomic mass is 9.95. The fraction of sp³-hybridized carbons (Fsp3) is 0.500. The van der Waals surface area contributed by atoms with Gasteiger partial charge in [-0.25, -0.2) is 0 Å². The molecule has 1 amide bonds. The predicted octanol–water partition coefficient (Wildman–Crippen LogP) is 2.28. The predicted molar refractivity (Wildman–Crippen MR) is 66.9 cm³/mol. The SMILES string of the molecule is CC(C)(C)C(=O)NCc1ccc2c(c1)CCO2. The first-order valence-electron chi connectivity index (χ1n) is 6.00. The van der Waals surface area contributed by atoms with Crippen molar-refractivity contribution in [3.05, 3.63) is 29.3 Å². The molecule has 1 aromatic rings. The molecule has 0 unspecified atom stereocenters. The molecule has 92 valence electrons. The number of fused-ring (bicyclic) bond motifs is 1. The minimum Gasteiger partial charge on any atom is -0.493 e. The molecular formula is C14H19NO2. The summed E-state index contributed by atoms with van der Waals surface area (Å²) in [5, 5.41) is 2.95. The van der Waals surface area contributed by atoms with Crippen LogP contribution >= 0.6 is 0 Å². The molecule has 1 aromatic carbocycles. The van der Waals surface area contributed by atoms with Gasteiger partial charge >= 0.3 is 0 Å². The summed E-state index contributed by atoms with van der Waals surface area (Å²) in [6, 6.07) is 6.11. The number of hydrogen-bond donors (Lipinski definition) is 1. The Morgan fingerprint density at radius 1 is 1.41 bits per heavy atom. The Labute approximate surface area is 102 Å². The summed E-state index contributed by atoms with van der Waals surface area (Å²) in [6.45, 7) is 7.10. The molecule has 0 saturated heterocycles. The van der Waals surface area contributed by atoms with Crippen LogP contribution in [0.2, 0.25) is 0 Å². The smallest absolute Gasteiger partial charge is 0.225 e. The lowest BCUT2D eigenvalue weighted by molar-refractivity contribution is -0.128. The van der Waals surface area contributed by atoms with E-state index in [1.165, 1.54) is 5.56 Å². The summed E-state index contributed by atoms with van der Waals surface area (Å²) in [4.78, 5) is 11.7. The second kappa shape index (κ2) is 4.40. The summed E-state index contributed by atoms with van der Waals surface area (Å²) in [5.41, 5.74) is 2.04. The molecule has 1 aliphatic heterocycles. The van der Waals surface area contributed by atoms with Crippen LogP contribution in [0.1, 0.15) is 31.9 Å². The molecule has 0 aromatic heterocycles. The van der Waals surface area contributed by atoms with Crippen molar-refractivity contribution in [3.8, 4) is 5.75 Å². The van der Waals surface area contributed by atoms with E-state index in [4.69, 9.17) is 4.74 Å². The molecule has 1 heterocycles. The highest BCUT2D eigenvalue weighted by atomic mass is 16.5. The van der Waals surface area contributed by atoms with E-state index in [1.807, 2.05) is 32.9 Å². The second-order valence-corrected chi connectivity index (χ2v) is 5.47. The Morgan fingerprint density at radius 3 is 2.88 bits per heavy atom. The third-order valence-corrected chi connectivity index (χ3v) is 2.89. The van der Waals surface area contributed by atoms with Gasteiger partial charge in [-0.3, -0.25) is 4.79 Å². The number of carbonyl (C=O) groups excluding carboxylic acids is 1. The van der Waals surface area contributed by atoms with Gasteiger partial charge < -0.3 is 10.1 Å². The van der Waals surface area contributed by atoms with Crippen molar-refractivity contribution in [2.75, 3.05) is 6.61 Å². The summed E-state index contributed by atoms with van der Waals surface area (Å²) in [6.07, 6.45) is 0.969. The molecule has 3 nitrogen and oxygen atoms in total. The molecule has 0 aliphatic carbocycles. The van der Waals surface area contributed by atoms with Crippen molar-refractivity contribution in [2.45, 2.75) is 33.7 Å². The van der Waals surface area contributed by atoms with Crippen LogP contribution in [0.15, 0.2) is 18.2 Å². The largest absolute Gasteiger partial charge is 0.493 e. The maximum atomic E-state index is 11.7. The van der Waals surface area contributed by atoms with E-state index in [-0.39, 0.29) is 11.3 Å². The van der Waals surface area contributed by atoms with Crippen LogP contribution in [-0.4, -0.2) is 12.5 Å². The molecule has 1 aliphatic rings. The Hall–Kier alpha value is -1.51. The van der Waals surface area contributed by atoms with Crippen LogP contribution in [0.3, 0.4) is 0 Å². The highest BCUT2D eigenvalue weighted by molar-refractivity contribution is 5.81. The van der Waals surface area contributed by atoms with E-state index >= 15 is 0 Å². The van der Waals surface area contributed by atoms with E-state index in [0.717, 1.165) is 24.3 Å². The van der Waals surface area contributed by atoms with Crippen LogP contribution < -0.4 is 10.1 Å². The molecule has 0 atom stereocenters. The molecule has 0 saturated carbocycles. The summed E-state index contributed by atoms with van der Waals surface area (Å²) in [5.74, 6) is 1.06. The van der Waals surface area contributed by atoms with Crippen molar-refractivity contribution in [1.82, 2.24) is 5.32 Å². The zero-order chi connectivity index (χ0) is 12.5. The van der Waals surface area contributed by atoms with Crippen molar-refractivity contribution in [1.29, 1.82) is 0 Å². The molecule has 0 spiro atoms. The van der Waals surface area contributed by atoms with Crippen molar-refractivity contribution >= 4 is 5.91 Å². The quantitative estimate of drug-likeness (QED) is 0.851. The van der Waals surface area contributed by atoms with Crippen molar-refractivity contribution in [3.63, 3.8) is 0 Å². The van der Waals surface area contributed by atoms with Crippen molar-refractivity contribution < 1.29 is 9.53 Å². The molecule has 3 heteroatoms. The van der Waals surface area contributed by atoms with Gasteiger partial charge in [0.15, 0.2) is 0 Å². The van der Waals surface area contributed by atoms with Gasteiger partial charge in [-0.1, -0.05) is 32.9 Å². The number of nitrogens with one attached hydrogen (secondary N) is 1. The molecular weight excluding hydrogens is 214 g/mol. The lowest BCUT2D eigenvalue weighted by Gasteiger charge is -2.17. The minimum absolute atomic E-state index is 0.0780. The Bertz CT molecular complexity index is 432. The number of carbonyl (C=O) groups is 1. The van der Waals surface area contributed by atoms with Gasteiger partial charge in [0.25, 0.3) is 0 Å². The summed E-state index contributed by atoms with van der Waals surface area (Å²) < 4.78 is 5.45. The second-order valence-electron chi connectivity index (χ2n) is 5.47. The van der Waals surface area contributed by atoms with Gasteiger partial charge in [-0.05, 0) is 17.2 Å². The number of ether oxygens (including phenoxy) is 1. The third kappa shape index (κ3) is 2.78. The summed E-state index contributed by atoms with van der Waals surface area (Å²) in [7, 11) is 0. The number of rotatable bonds is 2. The fourth-order valence-corrected chi connectivity index (χ4v) is 1.80. The van der Waals surface area contributed by atoms with Crippen LogP contribution in [0.5, 0.6) is 5.75 Å². The molecule has 2 rings (SSSR count). The number of hydrogen-bond acceptors (Lipinski definition) is 2. The Morgan fingerprint density at radius 2 is 2.18 bits per heavy atom. The standard InChI is InChI=1S/C14H19NO2/c1-14(2,3)13(16)15-9-10-4-5-12-11(8-10)6-7-17-12/h4-5,8H,6-7,9H2,1-3H3,(H,15,16). The third-order valence-electron chi connectivity index (χ3n) is 2.89. The van der Waals surface area contributed by atoms with Gasteiger partial charge in [-0.15, -0.1) is 0 Å². The Balaban J connectivity index is 1.98. The van der Waals surface area contributed by atoms with E-state index in [1.54, 1.807) is 0 Å². The highest BCUT2D eigenvalue weighted by Gasteiger charge is 2.20. The monoisotopic (exact) mass is 233 g/mol. The summed E-state index contributed by atoms with van der Waals surface area (Å²) >= 11 is 0. The van der Waals surface area contributed by atoms with Gasteiger partial charge in [0.2, 0.25) is 5.91 Å². The normalized spacial score (nSPS) is 14.1. The Kier molecular flexibility index (Phi) is 3.09. The zero-order valence-electron chi connectivity index (χ0n) is 10.7. The van der Waals surface area contributed by atoms with E-state index in [9.17, 15) is 4.79 Å². The van der Waals surface area contributed by atoms with E-state index in [0.29, 0.717) is 6.54 Å². The average molecular weight is 233 g/mol. The van der Waals surface area contributed by atoms with Crippen molar-refractivity contribution in [2.24, 2.45) is 5.41 Å². The molecule has 0 fully saturated rings. The van der Waals surface area contributed by atoms with Gasteiger partial charge in [0.05, 0.1) is 6.61 Å². The van der Waals surface area contributed by atoms with Crippen LogP contribution in [-0.2, 0) is 17.8 Å². The van der Waals surface area contributed by atoms with Crippen LogP contribution in [0, 0.1) is 5.41 Å². The first-order valence-corrected chi connectivity index (χ1v) is 6.00.